The lowest BCUT2D eigenvalue weighted by Crippen LogP contribution is -2.01. The van der Waals surface area contributed by atoms with Gasteiger partial charge < -0.3 is 4.42 Å². The Morgan fingerprint density at radius 1 is 0.373 bits per heavy atom. The molecule has 0 aliphatic carbocycles. The molecule has 51 heavy (non-hydrogen) atoms. The minimum atomic E-state index is 0.614. The number of fused-ring (bicyclic) bond motifs is 5. The van der Waals surface area contributed by atoms with Crippen LogP contribution in [0.3, 0.4) is 0 Å². The molecule has 3 aromatic heterocycles. The first-order chi connectivity index (χ1) is 25.3. The highest BCUT2D eigenvalue weighted by atomic mass is 16.3. The van der Waals surface area contributed by atoms with E-state index in [0.29, 0.717) is 17.5 Å². The van der Waals surface area contributed by atoms with Gasteiger partial charge in [-0.1, -0.05) is 133 Å². The third kappa shape index (κ3) is 5.03. The van der Waals surface area contributed by atoms with Crippen molar-refractivity contribution in [3.05, 3.63) is 170 Å². The van der Waals surface area contributed by atoms with Gasteiger partial charge in [0.25, 0.3) is 0 Å². The Hall–Kier alpha value is -6.98. The Morgan fingerprint density at radius 2 is 1.00 bits per heavy atom. The number of nitrogens with zero attached hydrogens (tertiary/aromatic N) is 4. The van der Waals surface area contributed by atoms with E-state index in [0.717, 1.165) is 77.2 Å². The first-order valence-corrected chi connectivity index (χ1v) is 17.0. The Bertz CT molecular complexity index is 2920. The Balaban J connectivity index is 1.16. The molecule has 7 aromatic carbocycles. The van der Waals surface area contributed by atoms with Crippen LogP contribution in [0.1, 0.15) is 0 Å². The maximum Gasteiger partial charge on any atom is 0.164 e. The number of pyridine rings is 1. The summed E-state index contributed by atoms with van der Waals surface area (Å²) in [5, 5.41) is 6.42. The number of benzene rings is 7. The summed E-state index contributed by atoms with van der Waals surface area (Å²) in [7, 11) is 0. The molecule has 0 bridgehead atoms. The number of hydrogen-bond acceptors (Lipinski definition) is 5. The molecule has 5 nitrogen and oxygen atoms in total. The summed E-state index contributed by atoms with van der Waals surface area (Å²) >= 11 is 0. The van der Waals surface area contributed by atoms with Crippen LogP contribution in [0, 0.1) is 0 Å². The highest BCUT2D eigenvalue weighted by Gasteiger charge is 2.20. The van der Waals surface area contributed by atoms with Crippen molar-refractivity contribution in [2.45, 2.75) is 0 Å². The number of aromatic nitrogens is 4. The van der Waals surface area contributed by atoms with Crippen LogP contribution in [0.2, 0.25) is 0 Å². The van der Waals surface area contributed by atoms with E-state index in [1.54, 1.807) is 0 Å². The molecule has 0 spiro atoms. The molecule has 0 saturated heterocycles. The van der Waals surface area contributed by atoms with E-state index in [2.05, 4.69) is 121 Å². The van der Waals surface area contributed by atoms with E-state index in [4.69, 9.17) is 24.4 Å². The molecular formula is C46H28N4O. The standard InChI is InChI=1S/C46H28N4O/c1-3-11-29(12-4-1)33-21-22-39-41(28-33)51-40-25-26-47-43(42(39)40)37-23-24-38(36-18-10-9-17-35(36)37)46-49-44(31-14-5-2-6-15-31)48-45(50-46)34-20-19-30-13-7-8-16-32(30)27-34/h1-28H. The van der Waals surface area contributed by atoms with Crippen LogP contribution in [0.15, 0.2) is 174 Å². The first kappa shape index (κ1) is 29.0. The van der Waals surface area contributed by atoms with Crippen LogP contribution < -0.4 is 0 Å². The molecule has 0 saturated carbocycles. The fourth-order valence-electron chi connectivity index (χ4n) is 7.11. The van der Waals surface area contributed by atoms with Crippen molar-refractivity contribution in [3.63, 3.8) is 0 Å². The fraction of sp³-hybridized carbons (Fsp3) is 0. The number of rotatable bonds is 5. The van der Waals surface area contributed by atoms with Gasteiger partial charge in [-0.3, -0.25) is 4.98 Å². The minimum absolute atomic E-state index is 0.614. The van der Waals surface area contributed by atoms with Crippen LogP contribution in [0.25, 0.3) is 100 Å². The van der Waals surface area contributed by atoms with Crippen molar-refractivity contribution in [3.8, 4) is 56.5 Å². The van der Waals surface area contributed by atoms with E-state index in [-0.39, 0.29) is 0 Å². The highest BCUT2D eigenvalue weighted by Crippen LogP contribution is 2.41. The second-order valence-corrected chi connectivity index (χ2v) is 12.7. The van der Waals surface area contributed by atoms with E-state index >= 15 is 0 Å². The molecule has 3 heterocycles. The monoisotopic (exact) mass is 652 g/mol. The van der Waals surface area contributed by atoms with Crippen molar-refractivity contribution in [1.29, 1.82) is 0 Å². The molecule has 0 radical (unpaired) electrons. The quantitative estimate of drug-likeness (QED) is 0.185. The van der Waals surface area contributed by atoms with E-state index < -0.39 is 0 Å². The summed E-state index contributed by atoms with van der Waals surface area (Å²) in [5.41, 5.74) is 8.59. The van der Waals surface area contributed by atoms with Crippen molar-refractivity contribution >= 4 is 43.5 Å². The highest BCUT2D eigenvalue weighted by molar-refractivity contribution is 6.15. The first-order valence-electron chi connectivity index (χ1n) is 17.0. The third-order valence-corrected chi connectivity index (χ3v) is 9.59. The van der Waals surface area contributed by atoms with Gasteiger partial charge in [-0.15, -0.1) is 0 Å². The summed E-state index contributed by atoms with van der Waals surface area (Å²) in [6.07, 6.45) is 1.83. The number of furan rings is 1. The third-order valence-electron chi connectivity index (χ3n) is 9.59. The smallest absolute Gasteiger partial charge is 0.164 e. The molecular weight excluding hydrogens is 625 g/mol. The normalized spacial score (nSPS) is 11.5. The van der Waals surface area contributed by atoms with Gasteiger partial charge in [0.15, 0.2) is 17.5 Å². The molecule has 0 aliphatic heterocycles. The summed E-state index contributed by atoms with van der Waals surface area (Å²) in [6, 6.07) is 56.2. The van der Waals surface area contributed by atoms with Gasteiger partial charge in [-0.25, -0.2) is 15.0 Å². The van der Waals surface area contributed by atoms with Crippen LogP contribution >= 0.6 is 0 Å². The molecule has 0 amide bonds. The lowest BCUT2D eigenvalue weighted by atomic mass is 9.95. The van der Waals surface area contributed by atoms with Crippen molar-refractivity contribution in [1.82, 2.24) is 19.9 Å². The van der Waals surface area contributed by atoms with Gasteiger partial charge in [-0.2, -0.15) is 0 Å². The summed E-state index contributed by atoms with van der Waals surface area (Å²) in [4.78, 5) is 20.2. The van der Waals surface area contributed by atoms with Crippen molar-refractivity contribution in [2.75, 3.05) is 0 Å². The fourth-order valence-corrected chi connectivity index (χ4v) is 7.11. The molecule has 10 aromatic rings. The maximum atomic E-state index is 6.45. The summed E-state index contributed by atoms with van der Waals surface area (Å²) in [6.45, 7) is 0. The zero-order chi connectivity index (χ0) is 33.7. The lowest BCUT2D eigenvalue weighted by molar-refractivity contribution is 0.668. The predicted molar refractivity (Wildman–Crippen MR) is 207 cm³/mol. The molecule has 0 N–H and O–H groups in total. The SMILES string of the molecule is c1ccc(-c2ccc3c(c2)oc2ccnc(-c4ccc(-c5nc(-c6ccccc6)nc(-c6ccc7ccccc7c6)n5)c5ccccc45)c23)cc1. The van der Waals surface area contributed by atoms with Gasteiger partial charge in [-0.05, 0) is 63.0 Å². The van der Waals surface area contributed by atoms with Gasteiger partial charge in [0, 0.05) is 33.8 Å². The Labute approximate surface area is 293 Å². The second-order valence-electron chi connectivity index (χ2n) is 12.7. The number of hydrogen-bond donors (Lipinski definition) is 0. The maximum absolute atomic E-state index is 6.45. The van der Waals surface area contributed by atoms with Crippen LogP contribution in [0.5, 0.6) is 0 Å². The summed E-state index contributed by atoms with van der Waals surface area (Å²) < 4.78 is 6.45. The molecule has 0 fully saturated rings. The predicted octanol–water partition coefficient (Wildman–Crippen LogP) is 11.8. The Kier molecular flexibility index (Phi) is 6.74. The minimum Gasteiger partial charge on any atom is -0.456 e. The van der Waals surface area contributed by atoms with E-state index in [9.17, 15) is 0 Å². The van der Waals surface area contributed by atoms with Gasteiger partial charge in [0.1, 0.15) is 11.2 Å². The van der Waals surface area contributed by atoms with E-state index in [1.165, 1.54) is 5.39 Å². The largest absolute Gasteiger partial charge is 0.456 e. The van der Waals surface area contributed by atoms with Crippen LogP contribution in [-0.2, 0) is 0 Å². The molecule has 0 unspecified atom stereocenters. The van der Waals surface area contributed by atoms with Gasteiger partial charge >= 0.3 is 0 Å². The second kappa shape index (κ2) is 11.9. The molecule has 10 rings (SSSR count). The molecule has 238 valence electrons. The Morgan fingerprint density at radius 3 is 1.80 bits per heavy atom. The van der Waals surface area contributed by atoms with Crippen LogP contribution in [0.4, 0.5) is 0 Å². The zero-order valence-corrected chi connectivity index (χ0v) is 27.4. The molecule has 0 aliphatic rings. The molecule has 0 atom stereocenters. The van der Waals surface area contributed by atoms with Crippen molar-refractivity contribution in [2.24, 2.45) is 0 Å². The molecule has 5 heteroatoms. The average Bonchev–Trinajstić information content (AvgIpc) is 3.59. The lowest BCUT2D eigenvalue weighted by Gasteiger charge is -2.13. The van der Waals surface area contributed by atoms with Crippen molar-refractivity contribution < 1.29 is 4.42 Å². The zero-order valence-electron chi connectivity index (χ0n) is 27.4. The van der Waals surface area contributed by atoms with E-state index in [1.807, 2.05) is 48.7 Å². The van der Waals surface area contributed by atoms with Crippen LogP contribution in [-0.4, -0.2) is 19.9 Å². The van der Waals surface area contributed by atoms with Gasteiger partial charge in [0.2, 0.25) is 0 Å². The average molecular weight is 653 g/mol. The topological polar surface area (TPSA) is 64.7 Å². The summed E-state index contributed by atoms with van der Waals surface area (Å²) in [5.74, 6) is 1.87. The van der Waals surface area contributed by atoms with Gasteiger partial charge in [0.05, 0.1) is 11.1 Å².